The molecule has 0 radical (unpaired) electrons. The van der Waals surface area contributed by atoms with Crippen molar-refractivity contribution in [2.75, 3.05) is 59.6 Å². The summed E-state index contributed by atoms with van der Waals surface area (Å²) >= 11 is 0. The molecule has 2 rings (SSSR count). The van der Waals surface area contributed by atoms with Gasteiger partial charge in [-0.05, 0) is 43.5 Å². The van der Waals surface area contributed by atoms with E-state index in [4.69, 9.17) is 9.47 Å². The fraction of sp³-hybridized carbons (Fsp3) is 0.625. The van der Waals surface area contributed by atoms with Gasteiger partial charge >= 0.3 is 0 Å². The lowest BCUT2D eigenvalue weighted by Gasteiger charge is -2.37. The third-order valence-electron chi connectivity index (χ3n) is 5.55. The quantitative estimate of drug-likeness (QED) is 0.452. The van der Waals surface area contributed by atoms with Crippen LogP contribution in [0.15, 0.2) is 24.3 Å². The van der Waals surface area contributed by atoms with E-state index in [2.05, 4.69) is 10.6 Å². The summed E-state index contributed by atoms with van der Waals surface area (Å²) in [4.78, 5) is 41.8. The fourth-order valence-corrected chi connectivity index (χ4v) is 3.63. The summed E-state index contributed by atoms with van der Waals surface area (Å²) in [5, 5.41) is 5.78. The van der Waals surface area contributed by atoms with Crippen LogP contribution < -0.4 is 15.4 Å². The second kappa shape index (κ2) is 13.8. The second-order valence-electron chi connectivity index (χ2n) is 8.45. The molecule has 9 nitrogen and oxygen atoms in total. The van der Waals surface area contributed by atoms with Crippen LogP contribution in [-0.2, 0) is 14.3 Å². The molecule has 1 fully saturated rings. The number of carbonyl (C=O) groups excluding carboxylic acids is 3. The van der Waals surface area contributed by atoms with Crippen LogP contribution in [0.5, 0.6) is 5.75 Å². The van der Waals surface area contributed by atoms with Crippen LogP contribution in [0.3, 0.4) is 0 Å². The van der Waals surface area contributed by atoms with Crippen LogP contribution >= 0.6 is 0 Å². The van der Waals surface area contributed by atoms with E-state index in [0.717, 1.165) is 6.42 Å². The molecule has 0 aromatic heterocycles. The summed E-state index contributed by atoms with van der Waals surface area (Å²) in [5.41, 5.74) is 0.484. The van der Waals surface area contributed by atoms with E-state index in [-0.39, 0.29) is 23.6 Å². The average molecular weight is 463 g/mol. The zero-order valence-electron chi connectivity index (χ0n) is 20.3. The molecule has 3 amide bonds. The predicted molar refractivity (Wildman–Crippen MR) is 126 cm³/mol. The van der Waals surface area contributed by atoms with Crippen molar-refractivity contribution in [3.05, 3.63) is 29.8 Å². The van der Waals surface area contributed by atoms with Crippen molar-refractivity contribution < 1.29 is 23.9 Å². The molecule has 0 bridgehead atoms. The molecular weight excluding hydrogens is 424 g/mol. The Morgan fingerprint density at radius 3 is 2.30 bits per heavy atom. The van der Waals surface area contributed by atoms with Crippen LogP contribution in [0.2, 0.25) is 0 Å². The number of carbonyl (C=O) groups is 3. The van der Waals surface area contributed by atoms with Gasteiger partial charge in [0.05, 0.1) is 13.2 Å². The number of methoxy groups -OCH3 is 1. The second-order valence-corrected chi connectivity index (χ2v) is 8.45. The molecule has 1 unspecified atom stereocenters. The van der Waals surface area contributed by atoms with Crippen molar-refractivity contribution in [1.82, 2.24) is 20.4 Å². The van der Waals surface area contributed by atoms with Crippen molar-refractivity contribution >= 4 is 17.7 Å². The van der Waals surface area contributed by atoms with Gasteiger partial charge in [0.15, 0.2) is 0 Å². The molecule has 33 heavy (non-hydrogen) atoms. The van der Waals surface area contributed by atoms with Gasteiger partial charge in [0.2, 0.25) is 11.8 Å². The molecule has 2 N–H and O–H groups in total. The Bertz CT molecular complexity index is 761. The van der Waals surface area contributed by atoms with E-state index in [0.29, 0.717) is 63.8 Å². The van der Waals surface area contributed by atoms with Gasteiger partial charge in [-0.25, -0.2) is 0 Å². The minimum atomic E-state index is -0.611. The van der Waals surface area contributed by atoms with Crippen LogP contribution in [0.25, 0.3) is 0 Å². The molecule has 1 aromatic rings. The van der Waals surface area contributed by atoms with Gasteiger partial charge in [-0.1, -0.05) is 13.8 Å². The number of ether oxygens (including phenoxy) is 2. The molecule has 184 valence electrons. The van der Waals surface area contributed by atoms with E-state index < -0.39 is 6.04 Å². The first-order valence-electron chi connectivity index (χ1n) is 11.7. The summed E-state index contributed by atoms with van der Waals surface area (Å²) < 4.78 is 10.4. The van der Waals surface area contributed by atoms with Crippen molar-refractivity contribution in [2.24, 2.45) is 5.92 Å². The first kappa shape index (κ1) is 26.6. The first-order valence-corrected chi connectivity index (χ1v) is 11.7. The molecule has 1 saturated heterocycles. The summed E-state index contributed by atoms with van der Waals surface area (Å²) in [7, 11) is 1.64. The van der Waals surface area contributed by atoms with Gasteiger partial charge in [0.25, 0.3) is 5.91 Å². The van der Waals surface area contributed by atoms with Crippen molar-refractivity contribution in [3.63, 3.8) is 0 Å². The Hall–Kier alpha value is -2.65. The highest BCUT2D eigenvalue weighted by atomic mass is 16.5. The lowest BCUT2D eigenvalue weighted by atomic mass is 10.0. The van der Waals surface area contributed by atoms with E-state index in [1.54, 1.807) is 36.3 Å². The van der Waals surface area contributed by atoms with Gasteiger partial charge in [-0.3, -0.25) is 19.3 Å². The summed E-state index contributed by atoms with van der Waals surface area (Å²) in [6.45, 7) is 10.1. The Balaban J connectivity index is 1.84. The zero-order valence-corrected chi connectivity index (χ0v) is 20.3. The molecule has 1 aliphatic rings. The summed E-state index contributed by atoms with van der Waals surface area (Å²) in [5.74, 6) is 0.252. The van der Waals surface area contributed by atoms with E-state index in [9.17, 15) is 14.4 Å². The number of hydrogen-bond acceptors (Lipinski definition) is 6. The molecular formula is C24H38N4O5. The maximum Gasteiger partial charge on any atom is 0.251 e. The average Bonchev–Trinajstić information content (AvgIpc) is 2.80. The molecule has 9 heteroatoms. The zero-order chi connectivity index (χ0) is 24.2. The number of amides is 3. The fourth-order valence-electron chi connectivity index (χ4n) is 3.63. The van der Waals surface area contributed by atoms with Gasteiger partial charge in [-0.2, -0.15) is 0 Å². The number of benzene rings is 1. The molecule has 1 aliphatic heterocycles. The Morgan fingerprint density at radius 1 is 1.06 bits per heavy atom. The summed E-state index contributed by atoms with van der Waals surface area (Å²) in [6, 6.07) is 6.28. The minimum absolute atomic E-state index is 0.0199. The standard InChI is InChI=1S/C24H38N4O5/c1-5-33-20-9-7-19(8-10-20)23(30)26-22(18(2)3)24(31)28-14-12-27(13-15-28)17-21(29)25-11-6-16-32-4/h7-10,18,22H,5-6,11-17H2,1-4H3,(H,25,29)(H,26,30). The van der Waals surface area contributed by atoms with Gasteiger partial charge in [0, 0.05) is 52.0 Å². The van der Waals surface area contributed by atoms with Gasteiger partial charge in [0.1, 0.15) is 11.8 Å². The number of hydrogen-bond donors (Lipinski definition) is 2. The topological polar surface area (TPSA) is 100 Å². The first-order chi connectivity index (χ1) is 15.8. The Morgan fingerprint density at radius 2 is 1.73 bits per heavy atom. The molecule has 0 spiro atoms. The molecule has 1 aromatic carbocycles. The minimum Gasteiger partial charge on any atom is -0.494 e. The SMILES string of the molecule is CCOc1ccc(C(=O)NC(C(=O)N2CCN(CC(=O)NCCCOC)CC2)C(C)C)cc1. The maximum atomic E-state index is 13.2. The smallest absolute Gasteiger partial charge is 0.251 e. The lowest BCUT2D eigenvalue weighted by molar-refractivity contribution is -0.136. The third kappa shape index (κ3) is 8.66. The van der Waals surface area contributed by atoms with Gasteiger partial charge in [-0.15, -0.1) is 0 Å². The van der Waals surface area contributed by atoms with E-state index in [1.165, 1.54) is 0 Å². The van der Waals surface area contributed by atoms with Gasteiger partial charge < -0.3 is 25.0 Å². The van der Waals surface area contributed by atoms with Crippen LogP contribution in [0.4, 0.5) is 0 Å². The Labute approximate surface area is 196 Å². The van der Waals surface area contributed by atoms with Crippen molar-refractivity contribution in [2.45, 2.75) is 33.2 Å². The highest BCUT2D eigenvalue weighted by Gasteiger charge is 2.31. The van der Waals surface area contributed by atoms with E-state index >= 15 is 0 Å². The molecule has 1 heterocycles. The third-order valence-corrected chi connectivity index (χ3v) is 5.55. The number of nitrogens with one attached hydrogen (secondary N) is 2. The highest BCUT2D eigenvalue weighted by molar-refractivity contribution is 5.97. The monoisotopic (exact) mass is 462 g/mol. The number of rotatable bonds is 12. The lowest BCUT2D eigenvalue weighted by Crippen LogP contribution is -2.57. The predicted octanol–water partition coefficient (Wildman–Crippen LogP) is 1.14. The van der Waals surface area contributed by atoms with Crippen molar-refractivity contribution in [3.8, 4) is 5.75 Å². The largest absolute Gasteiger partial charge is 0.494 e. The van der Waals surface area contributed by atoms with Crippen LogP contribution in [0, 0.1) is 5.92 Å². The number of piperazine rings is 1. The van der Waals surface area contributed by atoms with Crippen molar-refractivity contribution in [1.29, 1.82) is 0 Å². The van der Waals surface area contributed by atoms with Crippen LogP contribution in [0.1, 0.15) is 37.6 Å². The maximum absolute atomic E-state index is 13.2. The van der Waals surface area contributed by atoms with E-state index in [1.807, 2.05) is 25.7 Å². The number of nitrogens with zero attached hydrogens (tertiary/aromatic N) is 2. The molecule has 0 saturated carbocycles. The van der Waals surface area contributed by atoms with Crippen LogP contribution in [-0.4, -0.2) is 93.2 Å². The Kier molecular flexibility index (Phi) is 11.1. The summed E-state index contributed by atoms with van der Waals surface area (Å²) in [6.07, 6.45) is 0.781. The highest BCUT2D eigenvalue weighted by Crippen LogP contribution is 2.14. The molecule has 1 atom stereocenters. The normalized spacial score (nSPS) is 15.2. The molecule has 0 aliphatic carbocycles.